The van der Waals surface area contributed by atoms with Crippen LogP contribution in [0.1, 0.15) is 20.8 Å². The fraction of sp³-hybridized carbons (Fsp3) is 0.583. The van der Waals surface area contributed by atoms with Crippen molar-refractivity contribution < 1.29 is 9.53 Å². The van der Waals surface area contributed by atoms with Gasteiger partial charge in [0.15, 0.2) is 0 Å². The number of nitrogens with two attached hydrogens (primary N) is 1. The maximum atomic E-state index is 11.8. The van der Waals surface area contributed by atoms with Crippen molar-refractivity contribution in [1.29, 1.82) is 0 Å². The number of methoxy groups -OCH3 is 1. The van der Waals surface area contributed by atoms with Crippen LogP contribution in [0.15, 0.2) is 6.07 Å². The second-order valence-electron chi connectivity index (χ2n) is 4.66. The molecular formula is C12H21N5O2. The zero-order valence-electron chi connectivity index (χ0n) is 11.7. The molecule has 1 unspecified atom stereocenters. The summed E-state index contributed by atoms with van der Waals surface area (Å²) in [7, 11) is 1.49. The van der Waals surface area contributed by atoms with Crippen LogP contribution in [0.5, 0.6) is 5.88 Å². The highest BCUT2D eigenvalue weighted by Gasteiger charge is 2.14. The first-order chi connectivity index (χ1) is 8.92. The third-order valence-electron chi connectivity index (χ3n) is 2.37. The average molecular weight is 267 g/mol. The van der Waals surface area contributed by atoms with Crippen LogP contribution in [0, 0.1) is 5.92 Å². The molecule has 7 heteroatoms. The fourth-order valence-electron chi connectivity index (χ4n) is 1.37. The fourth-order valence-corrected chi connectivity index (χ4v) is 1.37. The number of ether oxygens (including phenoxy) is 1. The average Bonchev–Trinajstić information content (AvgIpc) is 2.34. The van der Waals surface area contributed by atoms with Crippen molar-refractivity contribution in [1.82, 2.24) is 15.3 Å². The van der Waals surface area contributed by atoms with Crippen LogP contribution in [0.25, 0.3) is 0 Å². The number of aromatic nitrogens is 2. The van der Waals surface area contributed by atoms with Gasteiger partial charge in [-0.3, -0.25) is 4.79 Å². The molecule has 0 saturated carbocycles. The number of nitrogen functional groups attached to an aromatic ring is 1. The van der Waals surface area contributed by atoms with Gasteiger partial charge in [0.1, 0.15) is 11.9 Å². The van der Waals surface area contributed by atoms with Gasteiger partial charge in [0.25, 0.3) is 0 Å². The number of carbonyl (C=O) groups is 1. The number of hydrogen-bond acceptors (Lipinski definition) is 6. The van der Waals surface area contributed by atoms with E-state index in [1.807, 2.05) is 13.8 Å². The van der Waals surface area contributed by atoms with E-state index in [2.05, 4.69) is 20.6 Å². The minimum atomic E-state index is -0.419. The smallest absolute Gasteiger partial charge is 0.242 e. The van der Waals surface area contributed by atoms with Crippen LogP contribution in [0.3, 0.4) is 0 Å². The zero-order valence-corrected chi connectivity index (χ0v) is 11.7. The first-order valence-electron chi connectivity index (χ1n) is 6.15. The van der Waals surface area contributed by atoms with Gasteiger partial charge >= 0.3 is 0 Å². The molecule has 1 amide bonds. The molecule has 0 aliphatic rings. The van der Waals surface area contributed by atoms with Crippen LogP contribution in [-0.4, -0.2) is 35.6 Å². The number of nitrogens with zero attached hydrogens (tertiary/aromatic N) is 2. The topological polar surface area (TPSA) is 102 Å². The third-order valence-corrected chi connectivity index (χ3v) is 2.37. The highest BCUT2D eigenvalue weighted by molar-refractivity contribution is 5.83. The highest BCUT2D eigenvalue weighted by atomic mass is 16.5. The lowest BCUT2D eigenvalue weighted by Gasteiger charge is -2.16. The van der Waals surface area contributed by atoms with E-state index < -0.39 is 6.04 Å². The lowest BCUT2D eigenvalue weighted by Crippen LogP contribution is -2.39. The molecule has 0 saturated heterocycles. The van der Waals surface area contributed by atoms with Gasteiger partial charge in [0.2, 0.25) is 17.7 Å². The van der Waals surface area contributed by atoms with Gasteiger partial charge in [0.05, 0.1) is 7.11 Å². The Kier molecular flexibility index (Phi) is 5.35. The van der Waals surface area contributed by atoms with Crippen molar-refractivity contribution in [2.24, 2.45) is 5.92 Å². The van der Waals surface area contributed by atoms with Gasteiger partial charge in [-0.1, -0.05) is 13.8 Å². The molecule has 0 fully saturated rings. The second-order valence-corrected chi connectivity index (χ2v) is 4.66. The zero-order chi connectivity index (χ0) is 14.4. The Balaban J connectivity index is 2.63. The Morgan fingerprint density at radius 3 is 2.68 bits per heavy atom. The molecule has 1 aromatic rings. The van der Waals surface area contributed by atoms with Gasteiger partial charge in [0, 0.05) is 12.6 Å². The molecule has 106 valence electrons. The van der Waals surface area contributed by atoms with E-state index in [1.54, 1.807) is 13.0 Å². The van der Waals surface area contributed by atoms with E-state index in [0.717, 1.165) is 0 Å². The van der Waals surface area contributed by atoms with E-state index in [9.17, 15) is 4.79 Å². The van der Waals surface area contributed by atoms with Crippen LogP contribution in [0.2, 0.25) is 0 Å². The van der Waals surface area contributed by atoms with Crippen LogP contribution in [0.4, 0.5) is 11.8 Å². The van der Waals surface area contributed by atoms with E-state index in [1.165, 1.54) is 7.11 Å². The molecule has 4 N–H and O–H groups in total. The summed E-state index contributed by atoms with van der Waals surface area (Å²) < 4.78 is 4.99. The van der Waals surface area contributed by atoms with Crippen LogP contribution < -0.4 is 21.1 Å². The van der Waals surface area contributed by atoms with Crippen molar-refractivity contribution in [3.05, 3.63) is 6.07 Å². The van der Waals surface area contributed by atoms with Gasteiger partial charge in [-0.25, -0.2) is 0 Å². The van der Waals surface area contributed by atoms with E-state index >= 15 is 0 Å². The predicted molar refractivity (Wildman–Crippen MR) is 73.9 cm³/mol. The molecule has 0 bridgehead atoms. The van der Waals surface area contributed by atoms with E-state index in [0.29, 0.717) is 24.2 Å². The number of anilines is 2. The largest absolute Gasteiger partial charge is 0.481 e. The van der Waals surface area contributed by atoms with Gasteiger partial charge in [-0.2, -0.15) is 9.97 Å². The Bertz CT molecular complexity index is 436. The lowest BCUT2D eigenvalue weighted by molar-refractivity contribution is -0.121. The summed E-state index contributed by atoms with van der Waals surface area (Å²) in [6, 6.07) is 1.17. The Morgan fingerprint density at radius 1 is 1.42 bits per heavy atom. The van der Waals surface area contributed by atoms with Crippen molar-refractivity contribution in [3.8, 4) is 5.88 Å². The molecule has 0 aliphatic carbocycles. The quantitative estimate of drug-likeness (QED) is 0.699. The van der Waals surface area contributed by atoms with Crippen molar-refractivity contribution in [2.75, 3.05) is 24.7 Å². The number of rotatable bonds is 6. The Morgan fingerprint density at radius 2 is 2.11 bits per heavy atom. The summed E-state index contributed by atoms with van der Waals surface area (Å²) in [5.41, 5.74) is 5.54. The standard InChI is InChI=1S/C12H21N5O2/c1-7(2)6-14-11(18)8(3)15-9-5-10(19-4)17-12(13)16-9/h5,7-8H,6H2,1-4H3,(H,14,18)(H3,13,15,16,17). The molecule has 0 aromatic carbocycles. The highest BCUT2D eigenvalue weighted by Crippen LogP contribution is 2.14. The van der Waals surface area contributed by atoms with E-state index in [-0.39, 0.29) is 11.9 Å². The molecule has 1 aromatic heterocycles. The number of hydrogen-bond donors (Lipinski definition) is 3. The van der Waals surface area contributed by atoms with Crippen LogP contribution >= 0.6 is 0 Å². The molecule has 0 aliphatic heterocycles. The summed E-state index contributed by atoms with van der Waals surface area (Å²) in [6.45, 7) is 6.46. The van der Waals surface area contributed by atoms with Crippen LogP contribution in [-0.2, 0) is 4.79 Å². The molecule has 1 atom stereocenters. The molecule has 0 radical (unpaired) electrons. The third kappa shape index (κ3) is 4.99. The predicted octanol–water partition coefficient (Wildman–Crippen LogP) is 0.640. The van der Waals surface area contributed by atoms with Gasteiger partial charge in [-0.05, 0) is 12.8 Å². The number of amides is 1. The monoisotopic (exact) mass is 267 g/mol. The Hall–Kier alpha value is -2.05. The van der Waals surface area contributed by atoms with Crippen molar-refractivity contribution >= 4 is 17.7 Å². The molecule has 1 heterocycles. The van der Waals surface area contributed by atoms with E-state index in [4.69, 9.17) is 10.5 Å². The number of carbonyl (C=O) groups excluding carboxylic acids is 1. The SMILES string of the molecule is COc1cc(NC(C)C(=O)NCC(C)C)nc(N)n1. The minimum Gasteiger partial charge on any atom is -0.481 e. The molecular weight excluding hydrogens is 246 g/mol. The van der Waals surface area contributed by atoms with Gasteiger partial charge < -0.3 is 21.1 Å². The summed E-state index contributed by atoms with van der Waals surface area (Å²) in [5.74, 6) is 1.22. The second kappa shape index (κ2) is 6.77. The first-order valence-corrected chi connectivity index (χ1v) is 6.15. The maximum Gasteiger partial charge on any atom is 0.242 e. The van der Waals surface area contributed by atoms with Crippen molar-refractivity contribution in [2.45, 2.75) is 26.8 Å². The summed E-state index contributed by atoms with van der Waals surface area (Å²) in [5, 5.41) is 5.80. The minimum absolute atomic E-state index is 0.0927. The summed E-state index contributed by atoms with van der Waals surface area (Å²) in [4.78, 5) is 19.7. The molecule has 7 nitrogen and oxygen atoms in total. The maximum absolute atomic E-state index is 11.8. The molecule has 19 heavy (non-hydrogen) atoms. The molecule has 0 spiro atoms. The Labute approximate surface area is 113 Å². The summed E-state index contributed by atoms with van der Waals surface area (Å²) >= 11 is 0. The lowest BCUT2D eigenvalue weighted by atomic mass is 10.2. The first kappa shape index (κ1) is 15.0. The van der Waals surface area contributed by atoms with Crippen molar-refractivity contribution in [3.63, 3.8) is 0 Å². The summed E-state index contributed by atoms with van der Waals surface area (Å²) in [6.07, 6.45) is 0. The van der Waals surface area contributed by atoms with Gasteiger partial charge in [-0.15, -0.1) is 0 Å². The number of nitrogens with one attached hydrogen (secondary N) is 2. The normalized spacial score (nSPS) is 12.1. The molecule has 1 rings (SSSR count).